The Morgan fingerprint density at radius 3 is 2.58 bits per heavy atom. The lowest BCUT2D eigenvalue weighted by Gasteiger charge is -2.21. The molecule has 0 saturated carbocycles. The third-order valence-corrected chi connectivity index (χ3v) is 4.76. The van der Waals surface area contributed by atoms with Crippen LogP contribution in [0.5, 0.6) is 0 Å². The minimum Gasteiger partial charge on any atom is -0.375 e. The summed E-state index contributed by atoms with van der Waals surface area (Å²) in [5.41, 5.74) is 3.87. The van der Waals surface area contributed by atoms with Crippen LogP contribution in [0.4, 0.5) is 11.5 Å². The highest BCUT2D eigenvalue weighted by atomic mass is 15.2. The number of hydrogen-bond acceptors (Lipinski definition) is 4. The number of aromatic nitrogens is 1. The van der Waals surface area contributed by atoms with Gasteiger partial charge in [0.15, 0.2) is 0 Å². The van der Waals surface area contributed by atoms with Crippen molar-refractivity contribution >= 4 is 11.5 Å². The van der Waals surface area contributed by atoms with Crippen LogP contribution in [0.25, 0.3) is 0 Å². The quantitative estimate of drug-likeness (QED) is 0.845. The van der Waals surface area contributed by atoms with E-state index in [-0.39, 0.29) is 0 Å². The maximum absolute atomic E-state index is 4.62. The van der Waals surface area contributed by atoms with Crippen molar-refractivity contribution in [2.24, 2.45) is 0 Å². The number of nitrogens with one attached hydrogen (secondary N) is 1. The Labute approximate surface area is 145 Å². The fraction of sp³-hybridized carbons (Fsp3) is 0.450. The molecule has 4 nitrogen and oxygen atoms in total. The summed E-state index contributed by atoms with van der Waals surface area (Å²) < 4.78 is 0. The Hall–Kier alpha value is -2.07. The van der Waals surface area contributed by atoms with Gasteiger partial charge in [-0.3, -0.25) is 0 Å². The van der Waals surface area contributed by atoms with Gasteiger partial charge >= 0.3 is 0 Å². The average Bonchev–Trinajstić information content (AvgIpc) is 3.17. The molecule has 0 radical (unpaired) electrons. The summed E-state index contributed by atoms with van der Waals surface area (Å²) in [6.45, 7) is 7.20. The van der Waals surface area contributed by atoms with Gasteiger partial charge in [0.2, 0.25) is 0 Å². The third kappa shape index (κ3) is 4.06. The van der Waals surface area contributed by atoms with Crippen LogP contribution < -0.4 is 15.1 Å². The molecule has 1 fully saturated rings. The van der Waals surface area contributed by atoms with Crippen molar-refractivity contribution in [3.05, 3.63) is 53.7 Å². The standard InChI is InChI=1S/C20H28N4/c1-3-23(2)19-9-5-4-8-18(19)16-21-14-17-10-11-20(22-15-17)24-12-6-7-13-24/h4-5,8-11,15,21H,3,6-7,12-14,16H2,1-2H3. The normalized spacial score (nSPS) is 14.2. The molecule has 0 bridgehead atoms. The molecule has 4 heteroatoms. The number of hydrogen-bond donors (Lipinski definition) is 1. The number of nitrogens with zero attached hydrogens (tertiary/aromatic N) is 3. The Morgan fingerprint density at radius 1 is 1.08 bits per heavy atom. The molecule has 1 saturated heterocycles. The van der Waals surface area contributed by atoms with E-state index in [9.17, 15) is 0 Å². The van der Waals surface area contributed by atoms with Crippen LogP contribution in [0.3, 0.4) is 0 Å². The predicted octanol–water partition coefficient (Wildman–Crippen LogP) is 3.43. The smallest absolute Gasteiger partial charge is 0.128 e. The van der Waals surface area contributed by atoms with Gasteiger partial charge in [-0.15, -0.1) is 0 Å². The molecule has 0 atom stereocenters. The van der Waals surface area contributed by atoms with Crippen molar-refractivity contribution in [2.45, 2.75) is 32.9 Å². The van der Waals surface area contributed by atoms with Crippen LogP contribution in [-0.4, -0.2) is 31.7 Å². The molecule has 0 unspecified atom stereocenters. The van der Waals surface area contributed by atoms with Gasteiger partial charge in [0.05, 0.1) is 0 Å². The molecule has 1 aliphatic heterocycles. The van der Waals surface area contributed by atoms with E-state index >= 15 is 0 Å². The van der Waals surface area contributed by atoms with Gasteiger partial charge in [-0.25, -0.2) is 4.98 Å². The SMILES string of the molecule is CCN(C)c1ccccc1CNCc1ccc(N2CCCC2)nc1. The summed E-state index contributed by atoms with van der Waals surface area (Å²) in [5.74, 6) is 1.12. The zero-order chi connectivity index (χ0) is 16.8. The minimum absolute atomic E-state index is 0.845. The minimum atomic E-state index is 0.845. The Morgan fingerprint density at radius 2 is 1.88 bits per heavy atom. The monoisotopic (exact) mass is 324 g/mol. The molecule has 1 N–H and O–H groups in total. The summed E-state index contributed by atoms with van der Waals surface area (Å²) >= 11 is 0. The summed E-state index contributed by atoms with van der Waals surface area (Å²) in [4.78, 5) is 9.27. The summed E-state index contributed by atoms with van der Waals surface area (Å²) in [6, 6.07) is 12.9. The summed E-state index contributed by atoms with van der Waals surface area (Å²) in [6.07, 6.45) is 4.58. The van der Waals surface area contributed by atoms with E-state index in [0.29, 0.717) is 0 Å². The van der Waals surface area contributed by atoms with Gasteiger partial charge in [-0.1, -0.05) is 24.3 Å². The zero-order valence-electron chi connectivity index (χ0n) is 14.8. The van der Waals surface area contributed by atoms with Crippen molar-refractivity contribution in [1.29, 1.82) is 0 Å². The second-order valence-corrected chi connectivity index (χ2v) is 6.47. The Balaban J connectivity index is 1.55. The number of para-hydroxylation sites is 1. The maximum Gasteiger partial charge on any atom is 0.128 e. The molecule has 0 aliphatic carbocycles. The molecule has 0 spiro atoms. The first-order valence-electron chi connectivity index (χ1n) is 8.97. The van der Waals surface area contributed by atoms with Gasteiger partial charge < -0.3 is 15.1 Å². The first-order chi connectivity index (χ1) is 11.8. The topological polar surface area (TPSA) is 31.4 Å². The van der Waals surface area contributed by atoms with E-state index in [1.165, 1.54) is 29.7 Å². The van der Waals surface area contributed by atoms with Crippen LogP contribution in [0.15, 0.2) is 42.6 Å². The van der Waals surface area contributed by atoms with Crippen molar-refractivity contribution in [3.63, 3.8) is 0 Å². The van der Waals surface area contributed by atoms with E-state index < -0.39 is 0 Å². The van der Waals surface area contributed by atoms with Crippen LogP contribution in [0.2, 0.25) is 0 Å². The highest BCUT2D eigenvalue weighted by molar-refractivity contribution is 5.52. The van der Waals surface area contributed by atoms with E-state index in [1.807, 2.05) is 6.20 Å². The first kappa shape index (κ1) is 16.8. The molecule has 24 heavy (non-hydrogen) atoms. The van der Waals surface area contributed by atoms with Crippen molar-refractivity contribution in [1.82, 2.24) is 10.3 Å². The molecule has 1 aromatic heterocycles. The molecular formula is C20H28N4. The molecule has 128 valence electrons. The van der Waals surface area contributed by atoms with Crippen LogP contribution in [0.1, 0.15) is 30.9 Å². The van der Waals surface area contributed by atoms with E-state index in [4.69, 9.17) is 0 Å². The number of pyridine rings is 1. The molecular weight excluding hydrogens is 296 g/mol. The largest absolute Gasteiger partial charge is 0.375 e. The van der Waals surface area contributed by atoms with E-state index in [2.05, 4.69) is 70.5 Å². The molecule has 2 aromatic rings. The maximum atomic E-state index is 4.62. The lowest BCUT2D eigenvalue weighted by Crippen LogP contribution is -2.21. The number of anilines is 2. The Bertz CT molecular complexity index is 632. The molecule has 1 aliphatic rings. The zero-order valence-corrected chi connectivity index (χ0v) is 14.8. The molecule has 2 heterocycles. The van der Waals surface area contributed by atoms with E-state index in [1.54, 1.807) is 0 Å². The fourth-order valence-electron chi connectivity index (χ4n) is 3.20. The third-order valence-electron chi connectivity index (χ3n) is 4.76. The lowest BCUT2D eigenvalue weighted by molar-refractivity contribution is 0.689. The summed E-state index contributed by atoms with van der Waals surface area (Å²) in [5, 5.41) is 3.55. The fourth-order valence-corrected chi connectivity index (χ4v) is 3.20. The second kappa shape index (κ2) is 8.15. The van der Waals surface area contributed by atoms with Gasteiger partial charge in [0, 0.05) is 51.7 Å². The van der Waals surface area contributed by atoms with Crippen LogP contribution in [-0.2, 0) is 13.1 Å². The Kier molecular flexibility index (Phi) is 5.70. The van der Waals surface area contributed by atoms with Crippen LogP contribution in [0, 0.1) is 0 Å². The predicted molar refractivity (Wildman–Crippen MR) is 102 cm³/mol. The van der Waals surface area contributed by atoms with Crippen LogP contribution >= 0.6 is 0 Å². The van der Waals surface area contributed by atoms with Crippen molar-refractivity contribution < 1.29 is 0 Å². The van der Waals surface area contributed by atoms with E-state index in [0.717, 1.165) is 38.5 Å². The van der Waals surface area contributed by atoms with Crippen molar-refractivity contribution in [2.75, 3.05) is 36.5 Å². The number of rotatable bonds is 7. The summed E-state index contributed by atoms with van der Waals surface area (Å²) in [7, 11) is 2.14. The molecule has 3 rings (SSSR count). The lowest BCUT2D eigenvalue weighted by atomic mass is 10.1. The molecule has 0 amide bonds. The van der Waals surface area contributed by atoms with Gasteiger partial charge in [-0.2, -0.15) is 0 Å². The highest BCUT2D eigenvalue weighted by Gasteiger charge is 2.12. The van der Waals surface area contributed by atoms with Gasteiger partial charge in [0.1, 0.15) is 5.82 Å². The highest BCUT2D eigenvalue weighted by Crippen LogP contribution is 2.19. The average molecular weight is 324 g/mol. The van der Waals surface area contributed by atoms with Gasteiger partial charge in [0.25, 0.3) is 0 Å². The molecule has 1 aromatic carbocycles. The van der Waals surface area contributed by atoms with Crippen molar-refractivity contribution in [3.8, 4) is 0 Å². The van der Waals surface area contributed by atoms with Gasteiger partial charge in [-0.05, 0) is 43.0 Å². The number of benzene rings is 1. The second-order valence-electron chi connectivity index (χ2n) is 6.47. The first-order valence-corrected chi connectivity index (χ1v) is 8.97.